The molecule has 4 nitrogen and oxygen atoms in total. The van der Waals surface area contributed by atoms with Gasteiger partial charge in [0.05, 0.1) is 6.04 Å². The topological polar surface area (TPSA) is 50.3 Å². The first-order chi connectivity index (χ1) is 11.2. The van der Waals surface area contributed by atoms with Crippen LogP contribution in [-0.4, -0.2) is 24.3 Å². The van der Waals surface area contributed by atoms with Gasteiger partial charge < -0.3 is 0 Å². The third-order valence-electron chi connectivity index (χ3n) is 3.98. The van der Waals surface area contributed by atoms with Crippen LogP contribution in [0.5, 0.6) is 0 Å². The molecule has 3 aromatic rings. The van der Waals surface area contributed by atoms with E-state index in [2.05, 4.69) is 11.1 Å². The Morgan fingerprint density at radius 2 is 2.04 bits per heavy atom. The summed E-state index contributed by atoms with van der Waals surface area (Å²) >= 11 is 3.30. The largest absolute Gasteiger partial charge is 0.263 e. The van der Waals surface area contributed by atoms with Crippen molar-refractivity contribution < 1.29 is 8.42 Å². The lowest BCUT2D eigenvalue weighted by Crippen LogP contribution is -2.39. The molecule has 4 rings (SSSR count). The van der Waals surface area contributed by atoms with Crippen molar-refractivity contribution in [3.8, 4) is 0 Å². The van der Waals surface area contributed by atoms with Crippen molar-refractivity contribution in [1.82, 2.24) is 9.29 Å². The van der Waals surface area contributed by atoms with Gasteiger partial charge >= 0.3 is 0 Å². The Labute approximate surface area is 143 Å². The smallest absolute Gasteiger partial charge is 0.245 e. The zero-order valence-electron chi connectivity index (χ0n) is 12.1. The van der Waals surface area contributed by atoms with Gasteiger partial charge in [-0.1, -0.05) is 6.07 Å². The Morgan fingerprint density at radius 3 is 2.78 bits per heavy atom. The first kappa shape index (κ1) is 15.0. The molecule has 0 saturated heterocycles. The quantitative estimate of drug-likeness (QED) is 0.716. The van der Waals surface area contributed by atoms with Gasteiger partial charge in [-0.25, -0.2) is 8.42 Å². The maximum Gasteiger partial charge on any atom is 0.245 e. The van der Waals surface area contributed by atoms with E-state index in [1.165, 1.54) is 11.1 Å². The highest BCUT2D eigenvalue weighted by atomic mass is 32.2. The van der Waals surface area contributed by atoms with Gasteiger partial charge in [-0.05, 0) is 47.0 Å². The highest BCUT2D eigenvalue weighted by molar-refractivity contribution is 7.89. The summed E-state index contributed by atoms with van der Waals surface area (Å²) in [4.78, 5) is 6.55. The van der Waals surface area contributed by atoms with E-state index in [4.69, 9.17) is 0 Å². The Hall–Kier alpha value is -1.54. The molecule has 0 aliphatic carbocycles. The molecule has 4 heterocycles. The Morgan fingerprint density at radius 1 is 1.13 bits per heavy atom. The zero-order chi connectivity index (χ0) is 15.9. The van der Waals surface area contributed by atoms with Crippen molar-refractivity contribution in [3.05, 3.63) is 68.8 Å². The molecule has 1 aliphatic rings. The number of hydrogen-bond donors (Lipinski definition) is 0. The van der Waals surface area contributed by atoms with E-state index in [1.54, 1.807) is 45.3 Å². The van der Waals surface area contributed by atoms with Gasteiger partial charge in [0.1, 0.15) is 4.90 Å². The van der Waals surface area contributed by atoms with Crippen LogP contribution >= 0.6 is 22.7 Å². The number of nitrogens with zero attached hydrogens (tertiary/aromatic N) is 2. The average Bonchev–Trinajstić information content (AvgIpc) is 3.26. The fourth-order valence-corrected chi connectivity index (χ4v) is 6.31. The number of thiophene rings is 2. The molecule has 23 heavy (non-hydrogen) atoms. The summed E-state index contributed by atoms with van der Waals surface area (Å²) in [6.45, 7) is 0.493. The van der Waals surface area contributed by atoms with Crippen molar-refractivity contribution in [1.29, 1.82) is 0 Å². The van der Waals surface area contributed by atoms with Crippen LogP contribution in [0, 0.1) is 0 Å². The van der Waals surface area contributed by atoms with E-state index in [0.717, 1.165) is 16.9 Å². The fourth-order valence-electron chi connectivity index (χ4n) is 2.93. The highest BCUT2D eigenvalue weighted by Crippen LogP contribution is 2.41. The summed E-state index contributed by atoms with van der Waals surface area (Å²) in [6, 6.07) is 9.05. The summed E-state index contributed by atoms with van der Waals surface area (Å²) < 4.78 is 27.9. The molecule has 1 aliphatic heterocycles. The molecule has 118 valence electrons. The number of sulfonamides is 1. The molecule has 3 aromatic heterocycles. The lowest BCUT2D eigenvalue weighted by atomic mass is 10.0. The summed E-state index contributed by atoms with van der Waals surface area (Å²) in [7, 11) is -3.58. The van der Waals surface area contributed by atoms with Gasteiger partial charge in [0.15, 0.2) is 0 Å². The van der Waals surface area contributed by atoms with Crippen LogP contribution in [-0.2, 0) is 16.4 Å². The molecular weight excluding hydrogens is 348 g/mol. The summed E-state index contributed by atoms with van der Waals surface area (Å²) in [5.74, 6) is 0. The van der Waals surface area contributed by atoms with E-state index in [1.807, 2.05) is 22.9 Å². The molecule has 0 spiro atoms. The number of fused-ring (bicyclic) bond motifs is 1. The van der Waals surface area contributed by atoms with Crippen LogP contribution in [0.25, 0.3) is 0 Å². The molecular formula is C16H14N2O2S3. The standard InChI is InChI=1S/C16H14N2O2S3/c19-23(20,12-3-1-7-17-11-12)18-8-5-14-13(6-10-22-14)16(18)15-4-2-9-21-15/h1-4,6-7,9-11,16H,5,8H2/t16-/m0/s1. The minimum atomic E-state index is -3.58. The van der Waals surface area contributed by atoms with Gasteiger partial charge in [-0.15, -0.1) is 22.7 Å². The van der Waals surface area contributed by atoms with E-state index < -0.39 is 10.0 Å². The monoisotopic (exact) mass is 362 g/mol. The van der Waals surface area contributed by atoms with Crippen LogP contribution in [0.4, 0.5) is 0 Å². The fraction of sp³-hybridized carbons (Fsp3) is 0.188. The van der Waals surface area contributed by atoms with Gasteiger partial charge in [0, 0.05) is 28.7 Å². The molecule has 0 aromatic carbocycles. The minimum absolute atomic E-state index is 0.241. The Bertz CT molecular complexity index is 902. The number of hydrogen-bond acceptors (Lipinski definition) is 5. The van der Waals surface area contributed by atoms with E-state index in [0.29, 0.717) is 6.54 Å². The number of aromatic nitrogens is 1. The molecule has 1 atom stereocenters. The second-order valence-electron chi connectivity index (χ2n) is 5.27. The zero-order valence-corrected chi connectivity index (χ0v) is 14.6. The van der Waals surface area contributed by atoms with Crippen molar-refractivity contribution >= 4 is 32.7 Å². The third-order valence-corrected chi connectivity index (χ3v) is 7.74. The molecule has 0 radical (unpaired) electrons. The molecule has 0 bridgehead atoms. The molecule has 0 fully saturated rings. The van der Waals surface area contributed by atoms with E-state index >= 15 is 0 Å². The second-order valence-corrected chi connectivity index (χ2v) is 9.14. The average molecular weight is 363 g/mol. The number of pyridine rings is 1. The molecule has 0 unspecified atom stereocenters. The molecule has 0 N–H and O–H groups in total. The Balaban J connectivity index is 1.85. The van der Waals surface area contributed by atoms with Crippen molar-refractivity contribution in [2.75, 3.05) is 6.54 Å². The number of rotatable bonds is 3. The van der Waals surface area contributed by atoms with Crippen molar-refractivity contribution in [2.24, 2.45) is 0 Å². The summed E-state index contributed by atoms with van der Waals surface area (Å²) in [6.07, 6.45) is 3.77. The predicted octanol–water partition coefficient (Wildman–Crippen LogP) is 3.54. The van der Waals surface area contributed by atoms with Crippen LogP contribution in [0.2, 0.25) is 0 Å². The lowest BCUT2D eigenvalue weighted by molar-refractivity contribution is 0.350. The molecule has 7 heteroatoms. The van der Waals surface area contributed by atoms with Crippen LogP contribution < -0.4 is 0 Å². The van der Waals surface area contributed by atoms with Gasteiger partial charge in [-0.3, -0.25) is 4.98 Å². The minimum Gasteiger partial charge on any atom is -0.263 e. The summed E-state index contributed by atoms with van der Waals surface area (Å²) in [5.41, 5.74) is 1.11. The van der Waals surface area contributed by atoms with Gasteiger partial charge in [0.2, 0.25) is 10.0 Å². The third kappa shape index (κ3) is 2.53. The Kier molecular flexibility index (Phi) is 3.81. The lowest BCUT2D eigenvalue weighted by Gasteiger charge is -2.34. The van der Waals surface area contributed by atoms with Gasteiger partial charge in [0.25, 0.3) is 0 Å². The summed E-state index contributed by atoms with van der Waals surface area (Å²) in [5, 5.41) is 4.04. The van der Waals surface area contributed by atoms with Gasteiger partial charge in [-0.2, -0.15) is 4.31 Å². The van der Waals surface area contributed by atoms with Crippen molar-refractivity contribution in [2.45, 2.75) is 17.4 Å². The van der Waals surface area contributed by atoms with E-state index in [-0.39, 0.29) is 10.9 Å². The second kappa shape index (κ2) is 5.83. The first-order valence-corrected chi connectivity index (χ1v) is 10.4. The van der Waals surface area contributed by atoms with Crippen molar-refractivity contribution in [3.63, 3.8) is 0 Å². The van der Waals surface area contributed by atoms with Crippen LogP contribution in [0.15, 0.2) is 58.4 Å². The maximum atomic E-state index is 13.1. The molecule has 0 amide bonds. The van der Waals surface area contributed by atoms with Crippen LogP contribution in [0.3, 0.4) is 0 Å². The maximum absolute atomic E-state index is 13.1. The molecule has 0 saturated carbocycles. The SMILES string of the molecule is O=S(=O)(c1cccnc1)N1CCc2sccc2[C@H]1c1cccs1. The van der Waals surface area contributed by atoms with E-state index in [9.17, 15) is 8.42 Å². The predicted molar refractivity (Wildman–Crippen MR) is 92.3 cm³/mol. The highest BCUT2D eigenvalue weighted by Gasteiger charge is 2.38. The van der Waals surface area contributed by atoms with Crippen LogP contribution in [0.1, 0.15) is 21.4 Å². The normalized spacial score (nSPS) is 18.7. The first-order valence-electron chi connectivity index (χ1n) is 7.19.